The fourth-order valence-corrected chi connectivity index (χ4v) is 5.41. The van der Waals surface area contributed by atoms with Crippen LogP contribution in [-0.2, 0) is 6.42 Å². The van der Waals surface area contributed by atoms with E-state index >= 15 is 0 Å². The number of rotatable bonds is 27. The zero-order chi connectivity index (χ0) is 25.9. The summed E-state index contributed by atoms with van der Waals surface area (Å²) < 4.78 is 0. The second-order valence-corrected chi connectivity index (χ2v) is 11.6. The van der Waals surface area contributed by atoms with Gasteiger partial charge in [0.2, 0.25) is 0 Å². The van der Waals surface area contributed by atoms with Crippen molar-refractivity contribution in [3.8, 4) is 0 Å². The molecule has 0 aliphatic carbocycles. The smallest absolute Gasteiger partial charge is 0.0363 e. The molecule has 1 nitrogen and oxygen atoms in total. The van der Waals surface area contributed by atoms with E-state index in [0.29, 0.717) is 0 Å². The first-order chi connectivity index (χ1) is 17.8. The maximum absolute atomic E-state index is 2.44. The summed E-state index contributed by atoms with van der Waals surface area (Å²) in [5, 5.41) is 0. The molecular weight excluding hydrogens is 434 g/mol. The molecule has 0 saturated carbocycles. The molecule has 210 valence electrons. The van der Waals surface area contributed by atoms with Gasteiger partial charge in [0.25, 0.3) is 0 Å². The number of nitrogens with zero attached hydrogens (tertiary/aromatic N) is 1. The second kappa shape index (κ2) is 25.7. The summed E-state index contributed by atoms with van der Waals surface area (Å²) in [4.78, 5) is 2.44. The van der Waals surface area contributed by atoms with Crippen LogP contribution in [0.3, 0.4) is 0 Å². The fraction of sp³-hybridized carbons (Fsp3) is 0.829. The first kappa shape index (κ1) is 33.0. The Hall–Kier alpha value is -0.980. The van der Waals surface area contributed by atoms with Crippen LogP contribution >= 0.6 is 0 Å². The molecule has 0 aliphatic rings. The molecular formula is C35H65N. The number of unbranched alkanes of at least 4 members (excludes halogenated alkanes) is 22. The largest absolute Gasteiger partial charge is 0.375 e. The molecule has 0 aromatic heterocycles. The SMILES string of the molecule is CCCCCCCCCCCCCCCCCCc1ccc(N(C)CCCCCCCCCC)cc1. The van der Waals surface area contributed by atoms with Gasteiger partial charge in [0, 0.05) is 19.3 Å². The molecule has 0 radical (unpaired) electrons. The Morgan fingerprint density at radius 3 is 1.14 bits per heavy atom. The number of anilines is 1. The van der Waals surface area contributed by atoms with Gasteiger partial charge in [0.15, 0.2) is 0 Å². The van der Waals surface area contributed by atoms with Crippen molar-refractivity contribution in [3.63, 3.8) is 0 Å². The van der Waals surface area contributed by atoms with E-state index in [4.69, 9.17) is 0 Å². The third-order valence-electron chi connectivity index (χ3n) is 8.04. The molecule has 0 fully saturated rings. The Kier molecular flexibility index (Phi) is 23.6. The summed E-state index contributed by atoms with van der Waals surface area (Å²) in [5.74, 6) is 0. The molecule has 0 N–H and O–H groups in total. The molecule has 0 heterocycles. The van der Waals surface area contributed by atoms with E-state index in [1.54, 1.807) is 0 Å². The zero-order valence-electron chi connectivity index (χ0n) is 25.1. The lowest BCUT2D eigenvalue weighted by atomic mass is 10.0. The van der Waals surface area contributed by atoms with E-state index < -0.39 is 0 Å². The molecule has 1 aromatic rings. The van der Waals surface area contributed by atoms with Crippen molar-refractivity contribution < 1.29 is 0 Å². The highest BCUT2D eigenvalue weighted by molar-refractivity contribution is 5.46. The first-order valence-corrected chi connectivity index (χ1v) is 16.6. The van der Waals surface area contributed by atoms with Crippen molar-refractivity contribution >= 4 is 5.69 Å². The van der Waals surface area contributed by atoms with E-state index in [-0.39, 0.29) is 0 Å². The number of aryl methyl sites for hydroxylation is 1. The van der Waals surface area contributed by atoms with Crippen LogP contribution in [0, 0.1) is 0 Å². The molecule has 1 rings (SSSR count). The van der Waals surface area contributed by atoms with Crippen molar-refractivity contribution in [1.82, 2.24) is 0 Å². The van der Waals surface area contributed by atoms with Gasteiger partial charge in [0.05, 0.1) is 0 Å². The average Bonchev–Trinajstić information content (AvgIpc) is 2.90. The van der Waals surface area contributed by atoms with Crippen LogP contribution in [-0.4, -0.2) is 13.6 Å². The summed E-state index contributed by atoms with van der Waals surface area (Å²) >= 11 is 0. The lowest BCUT2D eigenvalue weighted by Gasteiger charge is -2.19. The minimum absolute atomic E-state index is 1.19. The van der Waals surface area contributed by atoms with Gasteiger partial charge in [-0.1, -0.05) is 167 Å². The minimum Gasteiger partial charge on any atom is -0.375 e. The van der Waals surface area contributed by atoms with Crippen molar-refractivity contribution in [1.29, 1.82) is 0 Å². The Balaban J connectivity index is 1.91. The Morgan fingerprint density at radius 2 is 0.750 bits per heavy atom. The number of benzene rings is 1. The molecule has 0 spiro atoms. The summed E-state index contributed by atoms with van der Waals surface area (Å²) in [5.41, 5.74) is 2.90. The minimum atomic E-state index is 1.19. The highest BCUT2D eigenvalue weighted by atomic mass is 15.1. The number of hydrogen-bond acceptors (Lipinski definition) is 1. The zero-order valence-corrected chi connectivity index (χ0v) is 25.1. The van der Waals surface area contributed by atoms with Gasteiger partial charge >= 0.3 is 0 Å². The summed E-state index contributed by atoms with van der Waals surface area (Å²) in [6.07, 6.45) is 35.5. The maximum atomic E-state index is 2.44. The molecule has 0 atom stereocenters. The first-order valence-electron chi connectivity index (χ1n) is 16.6. The quantitative estimate of drug-likeness (QED) is 0.109. The van der Waals surface area contributed by atoms with Crippen LogP contribution in [0.25, 0.3) is 0 Å². The topological polar surface area (TPSA) is 3.24 Å². The second-order valence-electron chi connectivity index (χ2n) is 11.6. The normalized spacial score (nSPS) is 11.3. The average molecular weight is 500 g/mol. The predicted molar refractivity (Wildman–Crippen MR) is 166 cm³/mol. The molecule has 0 bridgehead atoms. The molecule has 0 amide bonds. The van der Waals surface area contributed by atoms with Crippen LogP contribution in [0.4, 0.5) is 5.69 Å². The third kappa shape index (κ3) is 20.1. The van der Waals surface area contributed by atoms with E-state index in [1.807, 2.05) is 0 Å². The van der Waals surface area contributed by atoms with E-state index in [0.717, 1.165) is 0 Å². The van der Waals surface area contributed by atoms with Gasteiger partial charge in [0.1, 0.15) is 0 Å². The monoisotopic (exact) mass is 500 g/mol. The lowest BCUT2D eigenvalue weighted by molar-refractivity contribution is 0.529. The van der Waals surface area contributed by atoms with Gasteiger partial charge < -0.3 is 4.90 Å². The Morgan fingerprint density at radius 1 is 0.417 bits per heavy atom. The molecule has 1 aromatic carbocycles. The Bertz CT molecular complexity index is 548. The molecule has 1 heteroatoms. The van der Waals surface area contributed by atoms with Crippen molar-refractivity contribution in [2.24, 2.45) is 0 Å². The third-order valence-corrected chi connectivity index (χ3v) is 8.04. The van der Waals surface area contributed by atoms with Gasteiger partial charge in [-0.25, -0.2) is 0 Å². The van der Waals surface area contributed by atoms with Gasteiger partial charge in [-0.05, 0) is 37.0 Å². The Labute approximate surface area is 228 Å². The van der Waals surface area contributed by atoms with Crippen LogP contribution < -0.4 is 4.90 Å². The molecule has 0 aliphatic heterocycles. The number of hydrogen-bond donors (Lipinski definition) is 0. The highest BCUT2D eigenvalue weighted by Gasteiger charge is 2.02. The predicted octanol–water partition coefficient (Wildman–Crippen LogP) is 12.1. The van der Waals surface area contributed by atoms with Crippen molar-refractivity contribution in [2.75, 3.05) is 18.5 Å². The van der Waals surface area contributed by atoms with E-state index in [2.05, 4.69) is 50.1 Å². The van der Waals surface area contributed by atoms with Crippen molar-refractivity contribution in [3.05, 3.63) is 29.8 Å². The van der Waals surface area contributed by atoms with E-state index in [1.165, 1.54) is 178 Å². The van der Waals surface area contributed by atoms with Crippen LogP contribution in [0.5, 0.6) is 0 Å². The van der Waals surface area contributed by atoms with Gasteiger partial charge in [-0.15, -0.1) is 0 Å². The van der Waals surface area contributed by atoms with Crippen LogP contribution in [0.15, 0.2) is 24.3 Å². The van der Waals surface area contributed by atoms with Crippen LogP contribution in [0.2, 0.25) is 0 Å². The van der Waals surface area contributed by atoms with Crippen LogP contribution in [0.1, 0.15) is 174 Å². The highest BCUT2D eigenvalue weighted by Crippen LogP contribution is 2.18. The summed E-state index contributed by atoms with van der Waals surface area (Å²) in [6, 6.07) is 9.41. The van der Waals surface area contributed by atoms with Gasteiger partial charge in [-0.2, -0.15) is 0 Å². The molecule has 0 unspecified atom stereocenters. The van der Waals surface area contributed by atoms with E-state index in [9.17, 15) is 0 Å². The fourth-order valence-electron chi connectivity index (χ4n) is 5.41. The molecule has 0 saturated heterocycles. The molecule has 36 heavy (non-hydrogen) atoms. The maximum Gasteiger partial charge on any atom is 0.0363 e. The van der Waals surface area contributed by atoms with Gasteiger partial charge in [-0.3, -0.25) is 0 Å². The summed E-state index contributed by atoms with van der Waals surface area (Å²) in [6.45, 7) is 5.79. The summed E-state index contributed by atoms with van der Waals surface area (Å²) in [7, 11) is 2.26. The van der Waals surface area contributed by atoms with Crippen molar-refractivity contribution in [2.45, 2.75) is 174 Å². The lowest BCUT2D eigenvalue weighted by Crippen LogP contribution is -2.18. The standard InChI is InChI=1S/C35H65N/c1-4-6-8-10-12-14-15-16-17-18-19-20-21-22-24-26-28-34-29-31-35(32-30-34)36(3)33-27-25-23-13-11-9-7-5-2/h29-32H,4-28,33H2,1-3H3.